The third-order valence-electron chi connectivity index (χ3n) is 5.45. The molecule has 6 nitrogen and oxygen atoms in total. The van der Waals surface area contributed by atoms with Crippen molar-refractivity contribution < 1.29 is 13.2 Å². The van der Waals surface area contributed by atoms with Crippen molar-refractivity contribution in [3.8, 4) is 0 Å². The molecule has 1 aliphatic heterocycles. The lowest BCUT2D eigenvalue weighted by atomic mass is 10.1. The smallest absolute Gasteiger partial charge is 0.243 e. The number of amides is 1. The van der Waals surface area contributed by atoms with E-state index in [0.29, 0.717) is 31.1 Å². The highest BCUT2D eigenvalue weighted by molar-refractivity contribution is 7.89. The van der Waals surface area contributed by atoms with E-state index >= 15 is 0 Å². The molecule has 1 aromatic rings. The molecule has 1 aromatic carbocycles. The van der Waals surface area contributed by atoms with Crippen LogP contribution in [0.1, 0.15) is 30.4 Å². The molecular formula is C17H23N3O3S. The van der Waals surface area contributed by atoms with Gasteiger partial charge in [-0.1, -0.05) is 6.07 Å². The van der Waals surface area contributed by atoms with Crippen molar-refractivity contribution in [2.45, 2.75) is 42.5 Å². The van der Waals surface area contributed by atoms with Crippen LogP contribution >= 0.6 is 0 Å². The predicted molar refractivity (Wildman–Crippen MR) is 90.0 cm³/mol. The standard InChI is InChI=1S/C17H23N3O3S/c18-17(6-7-17)16(21)19-8-10-20(11-9-19)24(22,23)15-5-4-13-2-1-3-14(13)12-15/h4-5,12H,1-3,6-11,18H2. The molecule has 7 heteroatoms. The van der Waals surface area contributed by atoms with Crippen LogP contribution in [-0.4, -0.2) is 55.2 Å². The monoisotopic (exact) mass is 349 g/mol. The molecule has 1 saturated carbocycles. The number of carbonyl (C=O) groups excluding carboxylic acids is 1. The van der Waals surface area contributed by atoms with Crippen LogP contribution in [0.25, 0.3) is 0 Å². The number of nitrogens with zero attached hydrogens (tertiary/aromatic N) is 2. The molecule has 2 aliphatic carbocycles. The zero-order valence-electron chi connectivity index (χ0n) is 13.7. The van der Waals surface area contributed by atoms with Gasteiger partial charge in [0.15, 0.2) is 0 Å². The predicted octanol–water partition coefficient (Wildman–Crippen LogP) is 0.500. The lowest BCUT2D eigenvalue weighted by Crippen LogP contribution is -2.55. The zero-order chi connectivity index (χ0) is 16.9. The molecule has 4 rings (SSSR count). The second kappa shape index (κ2) is 5.54. The second-order valence-corrected chi connectivity index (χ2v) is 9.07. The fourth-order valence-electron chi connectivity index (χ4n) is 3.65. The molecule has 1 amide bonds. The highest BCUT2D eigenvalue weighted by Crippen LogP contribution is 2.34. The molecule has 0 bridgehead atoms. The van der Waals surface area contributed by atoms with Gasteiger partial charge in [0.1, 0.15) is 0 Å². The van der Waals surface area contributed by atoms with Crippen LogP contribution in [0.4, 0.5) is 0 Å². The van der Waals surface area contributed by atoms with E-state index in [1.54, 1.807) is 11.0 Å². The van der Waals surface area contributed by atoms with Crippen molar-refractivity contribution in [2.75, 3.05) is 26.2 Å². The minimum Gasteiger partial charge on any atom is -0.338 e. The van der Waals surface area contributed by atoms with Gasteiger partial charge in [-0.2, -0.15) is 4.31 Å². The molecule has 2 N–H and O–H groups in total. The number of sulfonamides is 1. The Kier molecular flexibility index (Phi) is 3.71. The normalized spacial score (nSPS) is 23.1. The van der Waals surface area contributed by atoms with Gasteiger partial charge in [-0.05, 0) is 55.4 Å². The topological polar surface area (TPSA) is 83.7 Å². The van der Waals surface area contributed by atoms with Crippen molar-refractivity contribution in [1.29, 1.82) is 0 Å². The van der Waals surface area contributed by atoms with Gasteiger partial charge in [0, 0.05) is 26.2 Å². The zero-order valence-corrected chi connectivity index (χ0v) is 14.5. The summed E-state index contributed by atoms with van der Waals surface area (Å²) in [6.07, 6.45) is 4.57. The molecule has 24 heavy (non-hydrogen) atoms. The lowest BCUT2D eigenvalue weighted by molar-refractivity contribution is -0.134. The van der Waals surface area contributed by atoms with Crippen molar-refractivity contribution in [1.82, 2.24) is 9.21 Å². The molecule has 0 aromatic heterocycles. The average Bonchev–Trinajstić information content (AvgIpc) is 3.17. The first-order valence-corrected chi connectivity index (χ1v) is 10.0. The number of rotatable bonds is 3. The quantitative estimate of drug-likeness (QED) is 0.861. The fourth-order valence-corrected chi connectivity index (χ4v) is 5.13. The molecular weight excluding hydrogens is 326 g/mol. The average molecular weight is 349 g/mol. The molecule has 0 atom stereocenters. The van der Waals surface area contributed by atoms with Crippen LogP contribution in [0.2, 0.25) is 0 Å². The first kappa shape index (κ1) is 16.1. The van der Waals surface area contributed by atoms with Gasteiger partial charge in [-0.25, -0.2) is 8.42 Å². The Morgan fingerprint density at radius 1 is 1.04 bits per heavy atom. The number of nitrogens with two attached hydrogens (primary N) is 1. The highest BCUT2D eigenvalue weighted by atomic mass is 32.2. The summed E-state index contributed by atoms with van der Waals surface area (Å²) in [5, 5.41) is 0. The van der Waals surface area contributed by atoms with E-state index in [9.17, 15) is 13.2 Å². The van der Waals surface area contributed by atoms with Gasteiger partial charge in [0.25, 0.3) is 0 Å². The van der Waals surface area contributed by atoms with E-state index in [1.165, 1.54) is 9.87 Å². The minimum absolute atomic E-state index is 0.0305. The molecule has 0 spiro atoms. The molecule has 0 unspecified atom stereocenters. The summed E-state index contributed by atoms with van der Waals surface area (Å²) in [5.41, 5.74) is 7.70. The third-order valence-corrected chi connectivity index (χ3v) is 7.34. The van der Waals surface area contributed by atoms with Gasteiger partial charge in [-0.3, -0.25) is 4.79 Å². The Morgan fingerprint density at radius 2 is 1.71 bits per heavy atom. The van der Waals surface area contributed by atoms with E-state index in [-0.39, 0.29) is 5.91 Å². The Labute approximate surface area is 142 Å². The first-order valence-electron chi connectivity index (χ1n) is 8.60. The fraction of sp³-hybridized carbons (Fsp3) is 0.588. The summed E-state index contributed by atoms with van der Waals surface area (Å²) < 4.78 is 27.2. The lowest BCUT2D eigenvalue weighted by Gasteiger charge is -2.35. The second-order valence-electron chi connectivity index (χ2n) is 7.14. The van der Waals surface area contributed by atoms with Crippen molar-refractivity contribution in [3.05, 3.63) is 29.3 Å². The van der Waals surface area contributed by atoms with Gasteiger partial charge in [0.2, 0.25) is 15.9 Å². The molecule has 1 saturated heterocycles. The first-order chi connectivity index (χ1) is 11.4. The molecule has 130 valence electrons. The van der Waals surface area contributed by atoms with E-state index < -0.39 is 15.6 Å². The SMILES string of the molecule is NC1(C(=O)N2CCN(S(=O)(=O)c3ccc4c(c3)CCC4)CC2)CC1. The summed E-state index contributed by atoms with van der Waals surface area (Å²) in [6, 6.07) is 5.49. The summed E-state index contributed by atoms with van der Waals surface area (Å²) in [5.74, 6) is -0.0305. The van der Waals surface area contributed by atoms with Crippen molar-refractivity contribution >= 4 is 15.9 Å². The van der Waals surface area contributed by atoms with Crippen LogP contribution in [0.3, 0.4) is 0 Å². The van der Waals surface area contributed by atoms with Gasteiger partial charge < -0.3 is 10.6 Å². The van der Waals surface area contributed by atoms with E-state index in [1.807, 2.05) is 12.1 Å². The third kappa shape index (κ3) is 2.64. The van der Waals surface area contributed by atoms with Crippen LogP contribution in [-0.2, 0) is 27.7 Å². The van der Waals surface area contributed by atoms with Crippen molar-refractivity contribution in [3.63, 3.8) is 0 Å². The summed E-state index contributed by atoms with van der Waals surface area (Å²) in [6.45, 7) is 1.51. The summed E-state index contributed by atoms with van der Waals surface area (Å²) >= 11 is 0. The Hall–Kier alpha value is -1.44. The van der Waals surface area contributed by atoms with Crippen LogP contribution < -0.4 is 5.73 Å². The van der Waals surface area contributed by atoms with Gasteiger partial charge >= 0.3 is 0 Å². The number of aryl methyl sites for hydroxylation is 2. The molecule has 2 fully saturated rings. The van der Waals surface area contributed by atoms with E-state index in [4.69, 9.17) is 5.73 Å². The van der Waals surface area contributed by atoms with E-state index in [0.717, 1.165) is 37.7 Å². The summed E-state index contributed by atoms with van der Waals surface area (Å²) in [4.78, 5) is 14.4. The number of hydrogen-bond acceptors (Lipinski definition) is 4. The number of carbonyl (C=O) groups is 1. The van der Waals surface area contributed by atoms with Crippen molar-refractivity contribution in [2.24, 2.45) is 5.73 Å². The number of benzene rings is 1. The van der Waals surface area contributed by atoms with Gasteiger partial charge in [0.05, 0.1) is 10.4 Å². The highest BCUT2D eigenvalue weighted by Gasteiger charge is 2.48. The van der Waals surface area contributed by atoms with Gasteiger partial charge in [-0.15, -0.1) is 0 Å². The molecule has 1 heterocycles. The number of piperazine rings is 1. The maximum Gasteiger partial charge on any atom is 0.243 e. The molecule has 3 aliphatic rings. The van der Waals surface area contributed by atoms with Crippen LogP contribution in [0.15, 0.2) is 23.1 Å². The number of hydrogen-bond donors (Lipinski definition) is 1. The molecule has 0 radical (unpaired) electrons. The Morgan fingerprint density at radius 3 is 2.38 bits per heavy atom. The largest absolute Gasteiger partial charge is 0.338 e. The maximum atomic E-state index is 12.9. The Balaban J connectivity index is 1.47. The van der Waals surface area contributed by atoms with Crippen LogP contribution in [0, 0.1) is 0 Å². The Bertz CT molecular complexity index is 778. The maximum absolute atomic E-state index is 12.9. The van der Waals surface area contributed by atoms with Crippen LogP contribution in [0.5, 0.6) is 0 Å². The minimum atomic E-state index is -3.49. The van der Waals surface area contributed by atoms with E-state index in [2.05, 4.69) is 0 Å². The number of fused-ring (bicyclic) bond motifs is 1. The summed E-state index contributed by atoms with van der Waals surface area (Å²) in [7, 11) is -3.49.